The van der Waals surface area contributed by atoms with E-state index in [0.29, 0.717) is 0 Å². The van der Waals surface area contributed by atoms with Crippen molar-refractivity contribution in [3.8, 4) is 0 Å². The summed E-state index contributed by atoms with van der Waals surface area (Å²) in [5.74, 6) is -11.3. The van der Waals surface area contributed by atoms with E-state index in [1.807, 2.05) is 0 Å². The van der Waals surface area contributed by atoms with Crippen molar-refractivity contribution in [2.24, 2.45) is 23.7 Å². The van der Waals surface area contributed by atoms with Gasteiger partial charge in [0.15, 0.2) is 0 Å². The lowest BCUT2D eigenvalue weighted by Crippen LogP contribution is -2.59. The lowest BCUT2D eigenvalue weighted by molar-refractivity contribution is -0.154. The van der Waals surface area contributed by atoms with Crippen LogP contribution in [0.4, 0.5) is 0 Å². The third-order valence-electron chi connectivity index (χ3n) is 7.22. The molecule has 0 aromatic heterocycles. The van der Waals surface area contributed by atoms with Crippen molar-refractivity contribution in [2.45, 2.75) is 5.60 Å². The molecular formula is C26H28O13. The van der Waals surface area contributed by atoms with Crippen molar-refractivity contribution in [2.75, 3.05) is 49.8 Å². The number of ether oxygens (including phenoxy) is 7. The van der Waals surface area contributed by atoms with Crippen LogP contribution in [0.2, 0.25) is 0 Å². The molecule has 0 spiro atoms. The van der Waals surface area contributed by atoms with Crippen molar-refractivity contribution >= 4 is 35.8 Å². The highest BCUT2D eigenvalue weighted by atomic mass is 16.6. The van der Waals surface area contributed by atoms with Crippen molar-refractivity contribution in [1.82, 2.24) is 0 Å². The molecule has 0 radical (unpaired) electrons. The summed E-state index contributed by atoms with van der Waals surface area (Å²) in [4.78, 5) is 79.4. The predicted octanol–water partition coefficient (Wildman–Crippen LogP) is -0.00900. The van der Waals surface area contributed by atoms with Gasteiger partial charge in [-0.1, -0.05) is 18.2 Å². The molecule has 0 saturated carbocycles. The Morgan fingerprint density at radius 2 is 1.18 bits per heavy atom. The van der Waals surface area contributed by atoms with E-state index in [0.717, 1.165) is 42.7 Å². The van der Waals surface area contributed by atoms with Gasteiger partial charge in [0.2, 0.25) is 0 Å². The van der Waals surface area contributed by atoms with Crippen molar-refractivity contribution in [1.29, 1.82) is 0 Å². The van der Waals surface area contributed by atoms with E-state index in [1.165, 1.54) is 19.3 Å². The minimum atomic E-state index is -1.99. The second-order valence-corrected chi connectivity index (χ2v) is 8.58. The monoisotopic (exact) mass is 548 g/mol. The van der Waals surface area contributed by atoms with Crippen LogP contribution in [0.25, 0.3) is 0 Å². The average Bonchev–Trinajstić information content (AvgIpc) is 3.23. The Kier molecular flexibility index (Phi) is 8.44. The van der Waals surface area contributed by atoms with Gasteiger partial charge in [0.05, 0.1) is 70.9 Å². The molecule has 4 aliphatic carbocycles. The Bertz CT molecular complexity index is 1250. The highest BCUT2D eigenvalue weighted by molar-refractivity contribution is 6.17. The molecule has 0 aromatic rings. The van der Waals surface area contributed by atoms with Gasteiger partial charge in [-0.25, -0.2) is 24.0 Å². The molecule has 0 N–H and O–H groups in total. The molecule has 210 valence electrons. The van der Waals surface area contributed by atoms with Gasteiger partial charge in [-0.3, -0.25) is 4.79 Å². The van der Waals surface area contributed by atoms with Gasteiger partial charge < -0.3 is 33.2 Å². The SMILES string of the molecule is COC(=O)C1=C[C@@H]2C=C[C@@H]([C@H]1C(=O)OC)[C@H]1C(C(=O)OC)=C(C(=O)OC)C(C(=O)OC)=C(C(=O)OC)[C@]21OC. The van der Waals surface area contributed by atoms with Gasteiger partial charge in [-0.15, -0.1) is 0 Å². The van der Waals surface area contributed by atoms with E-state index in [4.69, 9.17) is 33.2 Å². The maximum Gasteiger partial charge on any atom is 0.339 e. The first kappa shape index (κ1) is 29.3. The number of rotatable bonds is 7. The molecule has 0 aromatic carbocycles. The molecule has 2 bridgehead atoms. The third kappa shape index (κ3) is 4.22. The Labute approximate surface area is 223 Å². The standard InChI is InChI=1S/C26H28O13/c1-33-20(27)13-10-11-8-9-12(14(13)21(28)34-2)18-16(23(30)36-4)15(22(29)35-3)17(24(31)37-5)19(25(32)38-6)26(11,18)39-7/h8-12,14,18H,1-7H3/t11-,12-,14+,18-,26-/m0/s1. The number of fused-ring (bicyclic) bond motifs is 1. The van der Waals surface area contributed by atoms with Crippen molar-refractivity contribution < 1.29 is 61.9 Å². The topological polar surface area (TPSA) is 167 Å². The normalized spacial score (nSPS) is 27.0. The Morgan fingerprint density at radius 3 is 1.67 bits per heavy atom. The van der Waals surface area contributed by atoms with Crippen molar-refractivity contribution in [3.63, 3.8) is 0 Å². The zero-order valence-corrected chi connectivity index (χ0v) is 22.3. The molecule has 4 rings (SSSR count). The van der Waals surface area contributed by atoms with Crippen LogP contribution in [0, 0.1) is 23.7 Å². The van der Waals surface area contributed by atoms with E-state index < -0.39 is 87.4 Å². The maximum atomic E-state index is 13.5. The quantitative estimate of drug-likeness (QED) is 0.237. The Balaban J connectivity index is 2.66. The van der Waals surface area contributed by atoms with Crippen LogP contribution in [0.1, 0.15) is 0 Å². The first-order valence-electron chi connectivity index (χ1n) is 11.5. The smallest absolute Gasteiger partial charge is 0.339 e. The molecule has 0 unspecified atom stereocenters. The van der Waals surface area contributed by atoms with E-state index in [9.17, 15) is 28.8 Å². The Morgan fingerprint density at radius 1 is 0.641 bits per heavy atom. The number of methoxy groups -OCH3 is 7. The summed E-state index contributed by atoms with van der Waals surface area (Å²) < 4.78 is 35.7. The minimum Gasteiger partial charge on any atom is -0.469 e. The number of hydrogen-bond donors (Lipinski definition) is 0. The molecule has 0 aliphatic heterocycles. The molecular weight excluding hydrogens is 520 g/mol. The summed E-state index contributed by atoms with van der Waals surface area (Å²) in [5, 5.41) is 0. The van der Waals surface area contributed by atoms with Gasteiger partial charge in [0.25, 0.3) is 0 Å². The first-order valence-corrected chi connectivity index (χ1v) is 11.5. The van der Waals surface area contributed by atoms with Gasteiger partial charge in [0.1, 0.15) is 5.60 Å². The van der Waals surface area contributed by atoms with Gasteiger partial charge in [0, 0.05) is 30.4 Å². The molecule has 0 amide bonds. The van der Waals surface area contributed by atoms with Crippen LogP contribution in [-0.4, -0.2) is 91.2 Å². The number of carbonyl (C=O) groups excluding carboxylic acids is 6. The molecule has 0 heterocycles. The third-order valence-corrected chi connectivity index (χ3v) is 7.22. The summed E-state index contributed by atoms with van der Waals surface area (Å²) in [7, 11) is 7.51. The zero-order valence-electron chi connectivity index (χ0n) is 22.3. The van der Waals surface area contributed by atoms with E-state index in [2.05, 4.69) is 0 Å². The van der Waals surface area contributed by atoms with Gasteiger partial charge in [-0.05, 0) is 0 Å². The molecule has 4 aliphatic rings. The first-order chi connectivity index (χ1) is 18.5. The van der Waals surface area contributed by atoms with E-state index >= 15 is 0 Å². The minimum absolute atomic E-state index is 0.150. The molecule has 0 saturated heterocycles. The van der Waals surface area contributed by atoms with E-state index in [-0.39, 0.29) is 5.57 Å². The lowest BCUT2D eigenvalue weighted by atomic mass is 9.56. The number of hydrogen-bond acceptors (Lipinski definition) is 13. The van der Waals surface area contributed by atoms with Crippen LogP contribution in [-0.2, 0) is 61.9 Å². The second-order valence-electron chi connectivity index (χ2n) is 8.58. The fourth-order valence-corrected chi connectivity index (χ4v) is 5.73. The number of allylic oxidation sites excluding steroid dienone is 1. The van der Waals surface area contributed by atoms with Gasteiger partial charge >= 0.3 is 35.8 Å². The summed E-state index contributed by atoms with van der Waals surface area (Å²) >= 11 is 0. The summed E-state index contributed by atoms with van der Waals surface area (Å²) in [6, 6.07) is 0. The highest BCUT2D eigenvalue weighted by Gasteiger charge is 2.66. The van der Waals surface area contributed by atoms with Crippen LogP contribution in [0.15, 0.2) is 46.1 Å². The van der Waals surface area contributed by atoms with Gasteiger partial charge in [-0.2, -0.15) is 0 Å². The number of carbonyl (C=O) groups is 6. The fourth-order valence-electron chi connectivity index (χ4n) is 5.73. The van der Waals surface area contributed by atoms with Crippen LogP contribution in [0.3, 0.4) is 0 Å². The molecule has 39 heavy (non-hydrogen) atoms. The summed E-state index contributed by atoms with van der Waals surface area (Å²) in [6.07, 6.45) is 4.42. The highest BCUT2D eigenvalue weighted by Crippen LogP contribution is 2.59. The molecule has 13 nitrogen and oxygen atoms in total. The molecule has 0 fully saturated rings. The maximum absolute atomic E-state index is 13.5. The predicted molar refractivity (Wildman–Crippen MR) is 127 cm³/mol. The molecule has 5 atom stereocenters. The second kappa shape index (κ2) is 11.2. The van der Waals surface area contributed by atoms with E-state index in [1.54, 1.807) is 6.08 Å². The fraction of sp³-hybridized carbons (Fsp3) is 0.462. The lowest BCUT2D eigenvalue weighted by Gasteiger charge is -2.51. The van der Waals surface area contributed by atoms with Crippen LogP contribution >= 0.6 is 0 Å². The molecule has 13 heteroatoms. The largest absolute Gasteiger partial charge is 0.469 e. The number of esters is 6. The zero-order chi connectivity index (χ0) is 29.2. The average molecular weight is 548 g/mol. The van der Waals surface area contributed by atoms with Crippen LogP contribution < -0.4 is 0 Å². The summed E-state index contributed by atoms with van der Waals surface area (Å²) in [6.45, 7) is 0. The Hall–Kier alpha value is -4.26. The van der Waals surface area contributed by atoms with Crippen LogP contribution in [0.5, 0.6) is 0 Å². The van der Waals surface area contributed by atoms with Crippen molar-refractivity contribution in [3.05, 3.63) is 46.1 Å². The summed E-state index contributed by atoms with van der Waals surface area (Å²) in [5.41, 5.74) is -4.35.